The van der Waals surface area contributed by atoms with Gasteiger partial charge in [0.25, 0.3) is 5.91 Å². The molecule has 27 heavy (non-hydrogen) atoms. The van der Waals surface area contributed by atoms with Gasteiger partial charge in [-0.05, 0) is 35.9 Å². The second-order valence-electron chi connectivity index (χ2n) is 6.37. The first-order valence-corrected chi connectivity index (χ1v) is 9.84. The molecule has 3 rings (SSSR count). The van der Waals surface area contributed by atoms with Gasteiger partial charge in [0, 0.05) is 42.2 Å². The molecule has 0 N–H and O–H groups in total. The van der Waals surface area contributed by atoms with Crippen molar-refractivity contribution in [2.24, 2.45) is 0 Å². The van der Waals surface area contributed by atoms with Crippen LogP contribution in [0.3, 0.4) is 0 Å². The number of carbonyl (C=O) groups is 2. The first-order chi connectivity index (χ1) is 13.0. The van der Waals surface area contributed by atoms with E-state index in [4.69, 9.17) is 16.3 Å². The van der Waals surface area contributed by atoms with E-state index in [9.17, 15) is 9.59 Å². The molecule has 2 aromatic carbocycles. The van der Waals surface area contributed by atoms with Gasteiger partial charge in [0.2, 0.25) is 0 Å². The number of carbonyl (C=O) groups excluding carboxylic acids is 2. The molecule has 0 radical (unpaired) electrons. The monoisotopic (exact) mass is 450 g/mol. The zero-order valence-corrected chi connectivity index (χ0v) is 17.1. The molecule has 1 amide bonds. The number of aldehydes is 1. The van der Waals surface area contributed by atoms with Gasteiger partial charge in [-0.25, -0.2) is 0 Å². The summed E-state index contributed by atoms with van der Waals surface area (Å²) in [6.45, 7) is 3.72. The lowest BCUT2D eigenvalue weighted by molar-refractivity contribution is -0.135. The van der Waals surface area contributed by atoms with Crippen molar-refractivity contribution >= 4 is 39.7 Å². The fourth-order valence-electron chi connectivity index (χ4n) is 2.98. The minimum Gasteiger partial charge on any atom is -0.483 e. The molecule has 1 aliphatic heterocycles. The maximum atomic E-state index is 12.4. The molecule has 0 unspecified atom stereocenters. The van der Waals surface area contributed by atoms with E-state index in [0.717, 1.165) is 35.4 Å². The molecule has 5 nitrogen and oxygen atoms in total. The Morgan fingerprint density at radius 1 is 1.11 bits per heavy atom. The molecule has 0 atom stereocenters. The molecule has 0 aliphatic carbocycles. The van der Waals surface area contributed by atoms with Crippen LogP contribution in [0, 0.1) is 0 Å². The van der Waals surface area contributed by atoms with Gasteiger partial charge >= 0.3 is 0 Å². The van der Waals surface area contributed by atoms with Gasteiger partial charge in [-0.3, -0.25) is 14.5 Å². The predicted molar refractivity (Wildman–Crippen MR) is 108 cm³/mol. The van der Waals surface area contributed by atoms with Crippen molar-refractivity contribution in [3.05, 3.63) is 63.1 Å². The highest BCUT2D eigenvalue weighted by Crippen LogP contribution is 2.22. The molecule has 1 aliphatic rings. The third-order valence-corrected chi connectivity index (χ3v) is 5.24. The van der Waals surface area contributed by atoms with Crippen molar-refractivity contribution in [3.8, 4) is 5.75 Å². The van der Waals surface area contributed by atoms with Crippen LogP contribution in [0.4, 0.5) is 0 Å². The summed E-state index contributed by atoms with van der Waals surface area (Å²) in [6, 6.07) is 13.0. The molecule has 1 saturated heterocycles. The van der Waals surface area contributed by atoms with Crippen LogP contribution in [0.1, 0.15) is 15.9 Å². The number of halogens is 2. The highest BCUT2D eigenvalue weighted by Gasteiger charge is 2.21. The number of ether oxygens (including phenoxy) is 1. The molecule has 142 valence electrons. The number of nitrogens with zero attached hydrogens (tertiary/aromatic N) is 2. The first kappa shape index (κ1) is 19.9. The topological polar surface area (TPSA) is 49.9 Å². The molecule has 1 fully saturated rings. The van der Waals surface area contributed by atoms with Gasteiger partial charge in [0.1, 0.15) is 5.75 Å². The highest BCUT2D eigenvalue weighted by molar-refractivity contribution is 9.10. The maximum absolute atomic E-state index is 12.4. The summed E-state index contributed by atoms with van der Waals surface area (Å²) >= 11 is 9.23. The van der Waals surface area contributed by atoms with Gasteiger partial charge in [0.15, 0.2) is 12.9 Å². The minimum absolute atomic E-state index is 0.0686. The van der Waals surface area contributed by atoms with E-state index in [2.05, 4.69) is 20.8 Å². The Balaban J connectivity index is 1.47. The summed E-state index contributed by atoms with van der Waals surface area (Å²) in [5.74, 6) is 0.351. The van der Waals surface area contributed by atoms with E-state index in [1.807, 2.05) is 24.3 Å². The standard InChI is InChI=1S/C20H20BrClN2O3/c21-17-3-6-19(16(11-17)13-25)27-14-20(26)24-9-7-23(8-10-24)12-15-1-4-18(22)5-2-15/h1-6,11,13H,7-10,12,14H2. The highest BCUT2D eigenvalue weighted by atomic mass is 79.9. The number of piperazine rings is 1. The minimum atomic E-state index is -0.0698. The smallest absolute Gasteiger partial charge is 0.260 e. The molecule has 0 bridgehead atoms. The maximum Gasteiger partial charge on any atom is 0.260 e. The average molecular weight is 452 g/mol. The Morgan fingerprint density at radius 2 is 1.81 bits per heavy atom. The van der Waals surface area contributed by atoms with Crippen LogP contribution in [0.5, 0.6) is 5.75 Å². The van der Waals surface area contributed by atoms with Gasteiger partial charge in [0.05, 0.1) is 5.56 Å². The van der Waals surface area contributed by atoms with E-state index < -0.39 is 0 Å². The zero-order valence-electron chi connectivity index (χ0n) is 14.7. The lowest BCUT2D eigenvalue weighted by Crippen LogP contribution is -2.49. The number of benzene rings is 2. The van der Waals surface area contributed by atoms with E-state index in [1.54, 1.807) is 23.1 Å². The Bertz CT molecular complexity index is 805. The normalized spacial score (nSPS) is 14.8. The SMILES string of the molecule is O=Cc1cc(Br)ccc1OCC(=O)N1CCN(Cc2ccc(Cl)cc2)CC1. The number of hydrogen-bond donors (Lipinski definition) is 0. The quantitative estimate of drug-likeness (QED) is 0.629. The van der Waals surface area contributed by atoms with Crippen molar-refractivity contribution in [1.29, 1.82) is 0 Å². The van der Waals surface area contributed by atoms with E-state index >= 15 is 0 Å². The lowest BCUT2D eigenvalue weighted by Gasteiger charge is -2.34. The Morgan fingerprint density at radius 3 is 2.48 bits per heavy atom. The Kier molecular flexibility index (Phi) is 6.88. The molecule has 0 spiro atoms. The lowest BCUT2D eigenvalue weighted by atomic mass is 10.2. The fraction of sp³-hybridized carbons (Fsp3) is 0.300. The van der Waals surface area contributed by atoms with Gasteiger partial charge in [-0.1, -0.05) is 39.7 Å². The molecule has 7 heteroatoms. The molecule has 1 heterocycles. The third kappa shape index (κ3) is 5.54. The number of hydrogen-bond acceptors (Lipinski definition) is 4. The number of rotatable bonds is 6. The van der Waals surface area contributed by atoms with Crippen molar-refractivity contribution in [3.63, 3.8) is 0 Å². The van der Waals surface area contributed by atoms with Crippen molar-refractivity contribution in [2.75, 3.05) is 32.8 Å². The zero-order chi connectivity index (χ0) is 19.2. The van der Waals surface area contributed by atoms with Gasteiger partial charge in [-0.15, -0.1) is 0 Å². The van der Waals surface area contributed by atoms with Crippen LogP contribution in [0.2, 0.25) is 5.02 Å². The van der Waals surface area contributed by atoms with Gasteiger partial charge in [-0.2, -0.15) is 0 Å². The Hall–Kier alpha value is -1.89. The molecule has 2 aromatic rings. The van der Waals surface area contributed by atoms with Crippen molar-refractivity contribution in [1.82, 2.24) is 9.80 Å². The second-order valence-corrected chi connectivity index (χ2v) is 7.72. The summed E-state index contributed by atoms with van der Waals surface area (Å²) in [5, 5.41) is 0.734. The van der Waals surface area contributed by atoms with Crippen LogP contribution in [-0.2, 0) is 11.3 Å². The van der Waals surface area contributed by atoms with Gasteiger partial charge < -0.3 is 9.64 Å². The summed E-state index contributed by atoms with van der Waals surface area (Å²) in [7, 11) is 0. The van der Waals surface area contributed by atoms with Crippen LogP contribution in [0.15, 0.2) is 46.9 Å². The van der Waals surface area contributed by atoms with Crippen LogP contribution in [0.25, 0.3) is 0 Å². The van der Waals surface area contributed by atoms with E-state index in [-0.39, 0.29) is 12.5 Å². The third-order valence-electron chi connectivity index (χ3n) is 4.49. The largest absolute Gasteiger partial charge is 0.483 e. The fourth-order valence-corrected chi connectivity index (χ4v) is 3.48. The first-order valence-electron chi connectivity index (χ1n) is 8.67. The summed E-state index contributed by atoms with van der Waals surface area (Å²) in [5.41, 5.74) is 1.63. The predicted octanol–water partition coefficient (Wildman–Crippen LogP) is 3.64. The summed E-state index contributed by atoms with van der Waals surface area (Å²) in [4.78, 5) is 27.6. The van der Waals surface area contributed by atoms with Crippen LogP contribution in [-0.4, -0.2) is 54.8 Å². The molecule has 0 aromatic heterocycles. The summed E-state index contributed by atoms with van der Waals surface area (Å²) in [6.07, 6.45) is 0.722. The van der Waals surface area contributed by atoms with Crippen molar-refractivity contribution in [2.45, 2.75) is 6.54 Å². The number of amides is 1. The second kappa shape index (κ2) is 9.35. The molecular formula is C20H20BrClN2O3. The van der Waals surface area contributed by atoms with E-state index in [1.165, 1.54) is 5.56 Å². The summed E-state index contributed by atoms with van der Waals surface area (Å²) < 4.78 is 6.35. The van der Waals surface area contributed by atoms with Crippen molar-refractivity contribution < 1.29 is 14.3 Å². The Labute approximate surface area is 172 Å². The molecule has 0 saturated carbocycles. The molecular weight excluding hydrogens is 432 g/mol. The average Bonchev–Trinajstić information content (AvgIpc) is 2.69. The van der Waals surface area contributed by atoms with E-state index in [0.29, 0.717) is 24.4 Å². The van der Waals surface area contributed by atoms with Crippen LogP contribution >= 0.6 is 27.5 Å². The van der Waals surface area contributed by atoms with Crippen LogP contribution < -0.4 is 4.74 Å².